The Bertz CT molecular complexity index is 283. The van der Waals surface area contributed by atoms with Gasteiger partial charge in [-0.25, -0.2) is 0 Å². The van der Waals surface area contributed by atoms with E-state index < -0.39 is 0 Å². The average Bonchev–Trinajstić information content (AvgIpc) is 2.03. The lowest BCUT2D eigenvalue weighted by molar-refractivity contribution is 0.932. The van der Waals surface area contributed by atoms with E-state index in [-0.39, 0.29) is 5.92 Å². The summed E-state index contributed by atoms with van der Waals surface area (Å²) in [6.07, 6.45) is 7.05. The normalized spacial score (nSPS) is 12.1. The lowest BCUT2D eigenvalue weighted by atomic mass is 10.1. The van der Waals surface area contributed by atoms with E-state index in [1.54, 1.807) is 6.20 Å². The topological polar surface area (TPSA) is 12.9 Å². The van der Waals surface area contributed by atoms with Gasteiger partial charge in [0.15, 0.2) is 0 Å². The molecule has 56 valence electrons. The van der Waals surface area contributed by atoms with E-state index >= 15 is 0 Å². The molecule has 1 unspecified atom stereocenters. The molecule has 1 aromatic rings. The van der Waals surface area contributed by atoms with Gasteiger partial charge in [0.05, 0.1) is 11.6 Å². The second-order valence-corrected chi connectivity index (χ2v) is 2.65. The minimum absolute atomic E-state index is 0.120. The summed E-state index contributed by atoms with van der Waals surface area (Å²) < 4.78 is 0. The molecule has 0 saturated heterocycles. The zero-order chi connectivity index (χ0) is 8.27. The highest BCUT2D eigenvalue weighted by Crippen LogP contribution is 2.11. The maximum Gasteiger partial charge on any atom is 0.0594 e. The number of pyridine rings is 1. The third-order valence-electron chi connectivity index (χ3n) is 1.63. The summed E-state index contributed by atoms with van der Waals surface area (Å²) >= 11 is 0. The highest BCUT2D eigenvalue weighted by atomic mass is 14.7. The molecule has 0 aliphatic carbocycles. The molecule has 1 aromatic heterocycles. The van der Waals surface area contributed by atoms with Gasteiger partial charge in [0.1, 0.15) is 0 Å². The van der Waals surface area contributed by atoms with E-state index in [2.05, 4.69) is 10.9 Å². The number of aryl methyl sites for hydroxylation is 1. The second-order valence-electron chi connectivity index (χ2n) is 2.65. The van der Waals surface area contributed by atoms with Gasteiger partial charge in [0, 0.05) is 6.20 Å². The van der Waals surface area contributed by atoms with Crippen LogP contribution in [0.4, 0.5) is 0 Å². The van der Waals surface area contributed by atoms with Gasteiger partial charge in [-0.3, -0.25) is 4.98 Å². The zero-order valence-corrected chi connectivity index (χ0v) is 6.83. The fraction of sp³-hybridized carbons (Fsp3) is 0.300. The minimum atomic E-state index is 0.120. The van der Waals surface area contributed by atoms with Gasteiger partial charge < -0.3 is 0 Å². The van der Waals surface area contributed by atoms with Crippen LogP contribution in [-0.4, -0.2) is 4.98 Å². The van der Waals surface area contributed by atoms with Crippen LogP contribution in [-0.2, 0) is 0 Å². The highest BCUT2D eigenvalue weighted by molar-refractivity contribution is 5.22. The molecule has 11 heavy (non-hydrogen) atoms. The molecule has 1 heteroatoms. The third kappa shape index (κ3) is 1.81. The number of hydrogen-bond acceptors (Lipinski definition) is 1. The Morgan fingerprint density at radius 3 is 2.91 bits per heavy atom. The largest absolute Gasteiger partial charge is 0.260 e. The summed E-state index contributed by atoms with van der Waals surface area (Å²) in [7, 11) is 0. The van der Waals surface area contributed by atoms with Crippen molar-refractivity contribution < 1.29 is 0 Å². The average molecular weight is 145 g/mol. The summed E-state index contributed by atoms with van der Waals surface area (Å²) in [4.78, 5) is 4.17. The Balaban J connectivity index is 2.98. The maximum absolute atomic E-state index is 5.26. The van der Waals surface area contributed by atoms with Crippen molar-refractivity contribution >= 4 is 0 Å². The summed E-state index contributed by atoms with van der Waals surface area (Å²) in [5.41, 5.74) is 2.18. The second kappa shape index (κ2) is 3.21. The maximum atomic E-state index is 5.26. The van der Waals surface area contributed by atoms with Crippen molar-refractivity contribution in [2.75, 3.05) is 0 Å². The van der Waals surface area contributed by atoms with Crippen LogP contribution in [0.1, 0.15) is 24.1 Å². The highest BCUT2D eigenvalue weighted by Gasteiger charge is 2.01. The van der Waals surface area contributed by atoms with Crippen molar-refractivity contribution in [3.05, 3.63) is 29.6 Å². The first kappa shape index (κ1) is 7.81. The molecule has 0 N–H and O–H groups in total. The number of rotatable bonds is 1. The summed E-state index contributed by atoms with van der Waals surface area (Å²) in [5.74, 6) is 2.77. The Morgan fingerprint density at radius 1 is 1.64 bits per heavy atom. The third-order valence-corrected chi connectivity index (χ3v) is 1.63. The van der Waals surface area contributed by atoms with Gasteiger partial charge in [0.25, 0.3) is 0 Å². The molecule has 1 heterocycles. The quantitative estimate of drug-likeness (QED) is 0.552. The van der Waals surface area contributed by atoms with E-state index in [9.17, 15) is 0 Å². The van der Waals surface area contributed by atoms with Gasteiger partial charge in [-0.15, -0.1) is 6.42 Å². The lowest BCUT2D eigenvalue weighted by Crippen LogP contribution is -1.93. The van der Waals surface area contributed by atoms with Crippen LogP contribution in [0.15, 0.2) is 18.3 Å². The van der Waals surface area contributed by atoms with Gasteiger partial charge in [-0.2, -0.15) is 0 Å². The fourth-order valence-electron chi connectivity index (χ4n) is 0.882. The molecule has 0 aliphatic rings. The Kier molecular flexibility index (Phi) is 2.28. The first-order valence-electron chi connectivity index (χ1n) is 3.62. The number of nitrogens with zero attached hydrogens (tertiary/aromatic N) is 1. The van der Waals surface area contributed by atoms with Gasteiger partial charge in [-0.1, -0.05) is 5.92 Å². The minimum Gasteiger partial charge on any atom is -0.260 e. The standard InChI is InChI=1S/C10H11N/c1-4-9(3)10-7-8(2)5-6-11-10/h1,5-7,9H,2-3H3. The molecule has 0 fully saturated rings. The number of terminal acetylenes is 1. The molecule has 0 radical (unpaired) electrons. The number of aromatic nitrogens is 1. The van der Waals surface area contributed by atoms with E-state index in [0.29, 0.717) is 0 Å². The molecule has 0 spiro atoms. The van der Waals surface area contributed by atoms with E-state index in [1.807, 2.05) is 26.0 Å². The van der Waals surface area contributed by atoms with Crippen LogP contribution in [0.25, 0.3) is 0 Å². The van der Waals surface area contributed by atoms with Crippen molar-refractivity contribution in [2.45, 2.75) is 19.8 Å². The molecule has 1 rings (SSSR count). The van der Waals surface area contributed by atoms with Crippen LogP contribution < -0.4 is 0 Å². The monoisotopic (exact) mass is 145 g/mol. The van der Waals surface area contributed by atoms with Crippen molar-refractivity contribution in [3.8, 4) is 12.3 Å². The van der Waals surface area contributed by atoms with Crippen LogP contribution in [0.3, 0.4) is 0 Å². The molecule has 0 saturated carbocycles. The van der Waals surface area contributed by atoms with Crippen molar-refractivity contribution in [2.24, 2.45) is 0 Å². The van der Waals surface area contributed by atoms with Crippen molar-refractivity contribution in [1.29, 1.82) is 0 Å². The van der Waals surface area contributed by atoms with Gasteiger partial charge >= 0.3 is 0 Å². The Morgan fingerprint density at radius 2 is 2.36 bits per heavy atom. The Labute approximate surface area is 67.5 Å². The van der Waals surface area contributed by atoms with Gasteiger partial charge in [-0.05, 0) is 31.5 Å². The molecular weight excluding hydrogens is 134 g/mol. The fourth-order valence-corrected chi connectivity index (χ4v) is 0.882. The molecule has 0 aromatic carbocycles. The SMILES string of the molecule is C#CC(C)c1cc(C)ccn1. The molecular formula is C10H11N. The summed E-state index contributed by atoms with van der Waals surface area (Å²) in [5, 5.41) is 0. The first-order chi connectivity index (χ1) is 5.24. The Hall–Kier alpha value is -1.29. The predicted molar refractivity (Wildman–Crippen MR) is 46.2 cm³/mol. The molecule has 0 bridgehead atoms. The van der Waals surface area contributed by atoms with Crippen LogP contribution in [0, 0.1) is 19.3 Å². The molecule has 1 nitrogen and oxygen atoms in total. The van der Waals surface area contributed by atoms with Crippen molar-refractivity contribution in [1.82, 2.24) is 4.98 Å². The zero-order valence-electron chi connectivity index (χ0n) is 6.83. The van der Waals surface area contributed by atoms with Crippen LogP contribution >= 0.6 is 0 Å². The first-order valence-corrected chi connectivity index (χ1v) is 3.62. The molecule has 0 amide bonds. The smallest absolute Gasteiger partial charge is 0.0594 e. The van der Waals surface area contributed by atoms with Crippen LogP contribution in [0.2, 0.25) is 0 Å². The predicted octanol–water partition coefficient (Wildman–Crippen LogP) is 2.13. The molecule has 0 aliphatic heterocycles. The van der Waals surface area contributed by atoms with E-state index in [4.69, 9.17) is 6.42 Å². The van der Waals surface area contributed by atoms with Crippen LogP contribution in [0.5, 0.6) is 0 Å². The summed E-state index contributed by atoms with van der Waals surface area (Å²) in [6.45, 7) is 4.01. The summed E-state index contributed by atoms with van der Waals surface area (Å²) in [6, 6.07) is 3.98. The van der Waals surface area contributed by atoms with Gasteiger partial charge in [0.2, 0.25) is 0 Å². The number of hydrogen-bond donors (Lipinski definition) is 0. The van der Waals surface area contributed by atoms with E-state index in [1.165, 1.54) is 5.56 Å². The molecule has 1 atom stereocenters. The van der Waals surface area contributed by atoms with E-state index in [0.717, 1.165) is 5.69 Å². The lowest BCUT2D eigenvalue weighted by Gasteiger charge is -2.02. The van der Waals surface area contributed by atoms with Crippen molar-refractivity contribution in [3.63, 3.8) is 0 Å².